The van der Waals surface area contributed by atoms with Crippen LogP contribution in [0.15, 0.2) is 46.2 Å². The lowest BCUT2D eigenvalue weighted by atomic mass is 10.0. The normalized spacial score (nSPS) is 12.6. The molecular weight excluding hydrogens is 264 g/mol. The fourth-order valence-corrected chi connectivity index (χ4v) is 3.59. The molecule has 1 heterocycles. The number of benzene rings is 2. The van der Waals surface area contributed by atoms with Crippen LogP contribution in [0.1, 0.15) is 11.1 Å². The minimum absolute atomic E-state index is 1.04. The van der Waals surface area contributed by atoms with Gasteiger partial charge in [-0.2, -0.15) is 0 Å². The summed E-state index contributed by atoms with van der Waals surface area (Å²) in [7, 11) is 8.36. The molecule has 0 radical (unpaired) electrons. The van der Waals surface area contributed by atoms with Gasteiger partial charge in [-0.3, -0.25) is 0 Å². The smallest absolute Gasteiger partial charge is 0.0372 e. The van der Waals surface area contributed by atoms with Crippen LogP contribution in [0.3, 0.4) is 0 Å². The van der Waals surface area contributed by atoms with Gasteiger partial charge in [-0.15, -0.1) is 0 Å². The maximum Gasteiger partial charge on any atom is 0.0372 e. The Morgan fingerprint density at radius 2 is 1.20 bits per heavy atom. The highest BCUT2D eigenvalue weighted by atomic mass is 32.2. The highest BCUT2D eigenvalue weighted by Gasteiger charge is 2.17. The largest absolute Gasteiger partial charge is 0.378 e. The zero-order chi connectivity index (χ0) is 14.3. The molecule has 0 N–H and O–H groups in total. The molecule has 2 nitrogen and oxygen atoms in total. The van der Waals surface area contributed by atoms with Crippen LogP contribution < -0.4 is 9.80 Å². The summed E-state index contributed by atoms with van der Waals surface area (Å²) in [4.78, 5) is 7.10. The summed E-state index contributed by atoms with van der Waals surface area (Å²) in [6.45, 7) is 0. The van der Waals surface area contributed by atoms with E-state index in [9.17, 15) is 0 Å². The lowest BCUT2D eigenvalue weighted by Crippen LogP contribution is -2.11. The maximum absolute atomic E-state index is 2.30. The number of rotatable bonds is 2. The zero-order valence-corrected chi connectivity index (χ0v) is 13.3. The summed E-state index contributed by atoms with van der Waals surface area (Å²) in [5, 5.41) is 0. The molecule has 0 amide bonds. The Morgan fingerprint density at radius 1 is 0.750 bits per heavy atom. The monoisotopic (exact) mass is 284 g/mol. The second-order valence-corrected chi connectivity index (χ2v) is 6.74. The van der Waals surface area contributed by atoms with Crippen molar-refractivity contribution in [3.8, 4) is 0 Å². The van der Waals surface area contributed by atoms with E-state index in [1.54, 1.807) is 0 Å². The van der Waals surface area contributed by atoms with Crippen LogP contribution in [0.4, 0.5) is 11.4 Å². The van der Waals surface area contributed by atoms with E-state index in [0.29, 0.717) is 0 Å². The molecule has 0 saturated heterocycles. The first-order valence-electron chi connectivity index (χ1n) is 6.83. The number of hydrogen-bond donors (Lipinski definition) is 0. The number of fused-ring (bicyclic) bond motifs is 2. The zero-order valence-electron chi connectivity index (χ0n) is 12.5. The van der Waals surface area contributed by atoms with Crippen LogP contribution in [-0.2, 0) is 6.42 Å². The van der Waals surface area contributed by atoms with Crippen LogP contribution in [0.2, 0.25) is 0 Å². The number of anilines is 2. The van der Waals surface area contributed by atoms with E-state index in [1.807, 2.05) is 11.8 Å². The average Bonchev–Trinajstić information content (AvgIpc) is 2.43. The molecule has 1 aliphatic heterocycles. The molecule has 0 unspecified atom stereocenters. The van der Waals surface area contributed by atoms with Gasteiger partial charge in [-0.05, 0) is 41.8 Å². The molecule has 3 rings (SSSR count). The highest BCUT2D eigenvalue weighted by Crippen LogP contribution is 2.42. The van der Waals surface area contributed by atoms with Gasteiger partial charge >= 0.3 is 0 Å². The predicted octanol–water partition coefficient (Wildman–Crippen LogP) is 3.87. The maximum atomic E-state index is 2.30. The van der Waals surface area contributed by atoms with Crippen molar-refractivity contribution in [2.45, 2.75) is 16.2 Å². The first-order chi connectivity index (χ1) is 9.54. The van der Waals surface area contributed by atoms with Gasteiger partial charge in [0.15, 0.2) is 0 Å². The summed E-state index contributed by atoms with van der Waals surface area (Å²) >= 11 is 1.89. The lowest BCUT2D eigenvalue weighted by molar-refractivity contribution is 1.03. The molecular formula is C17H20N2S. The van der Waals surface area contributed by atoms with E-state index in [1.165, 1.54) is 32.3 Å². The average molecular weight is 284 g/mol. The standard InChI is InChI=1S/C17H20N2S/c1-18(2)14-7-5-12-9-13-6-8-15(19(3)4)11-17(13)20-16(12)10-14/h5-8,10-11H,9H2,1-4H3. The van der Waals surface area contributed by atoms with Crippen molar-refractivity contribution in [2.75, 3.05) is 38.0 Å². The molecule has 1 aliphatic rings. The summed E-state index contributed by atoms with van der Waals surface area (Å²) in [5.41, 5.74) is 5.41. The second kappa shape index (κ2) is 5.06. The van der Waals surface area contributed by atoms with E-state index >= 15 is 0 Å². The third-order valence-corrected chi connectivity index (χ3v) is 4.94. The van der Waals surface area contributed by atoms with Crippen molar-refractivity contribution >= 4 is 23.1 Å². The topological polar surface area (TPSA) is 6.48 Å². The fraction of sp³-hybridized carbons (Fsp3) is 0.294. The van der Waals surface area contributed by atoms with Gasteiger partial charge in [-0.1, -0.05) is 23.9 Å². The summed E-state index contributed by atoms with van der Waals surface area (Å²) in [6.07, 6.45) is 1.04. The van der Waals surface area contributed by atoms with E-state index in [2.05, 4.69) is 74.4 Å². The van der Waals surface area contributed by atoms with Gasteiger partial charge in [0.2, 0.25) is 0 Å². The molecule has 3 heteroatoms. The van der Waals surface area contributed by atoms with Crippen molar-refractivity contribution in [3.05, 3.63) is 47.5 Å². The summed E-state index contributed by atoms with van der Waals surface area (Å²) < 4.78 is 0. The molecule has 0 aromatic heterocycles. The van der Waals surface area contributed by atoms with Crippen molar-refractivity contribution in [2.24, 2.45) is 0 Å². The molecule has 0 fully saturated rings. The van der Waals surface area contributed by atoms with Crippen LogP contribution in [-0.4, -0.2) is 28.2 Å². The van der Waals surface area contributed by atoms with Crippen LogP contribution >= 0.6 is 11.8 Å². The lowest BCUT2D eigenvalue weighted by Gasteiger charge is -2.23. The second-order valence-electron chi connectivity index (χ2n) is 5.65. The van der Waals surface area contributed by atoms with Gasteiger partial charge in [0.25, 0.3) is 0 Å². The Hall–Kier alpha value is -1.61. The molecule has 0 saturated carbocycles. The molecule has 0 aliphatic carbocycles. The molecule has 2 aromatic rings. The van der Waals surface area contributed by atoms with E-state index in [0.717, 1.165) is 6.42 Å². The Bertz CT molecular complexity index is 592. The molecule has 0 bridgehead atoms. The third-order valence-electron chi connectivity index (χ3n) is 3.74. The van der Waals surface area contributed by atoms with E-state index in [-0.39, 0.29) is 0 Å². The summed E-state index contributed by atoms with van der Waals surface area (Å²) in [5.74, 6) is 0. The third kappa shape index (κ3) is 2.38. The molecule has 2 aromatic carbocycles. The van der Waals surface area contributed by atoms with Gasteiger partial charge in [0.1, 0.15) is 0 Å². The molecule has 104 valence electrons. The van der Waals surface area contributed by atoms with Crippen LogP contribution in [0, 0.1) is 0 Å². The van der Waals surface area contributed by atoms with Gasteiger partial charge in [0.05, 0.1) is 0 Å². The van der Waals surface area contributed by atoms with E-state index in [4.69, 9.17) is 0 Å². The molecule has 0 spiro atoms. The minimum Gasteiger partial charge on any atom is -0.378 e. The Balaban J connectivity index is 1.99. The Labute approximate surface area is 125 Å². The first-order valence-corrected chi connectivity index (χ1v) is 7.64. The molecule has 20 heavy (non-hydrogen) atoms. The van der Waals surface area contributed by atoms with Gasteiger partial charge < -0.3 is 9.80 Å². The fourth-order valence-electron chi connectivity index (χ4n) is 2.45. The SMILES string of the molecule is CN(C)c1ccc2c(c1)Sc1cc(N(C)C)ccc1C2. The van der Waals surface area contributed by atoms with Crippen LogP contribution in [0.5, 0.6) is 0 Å². The Morgan fingerprint density at radius 3 is 1.60 bits per heavy atom. The highest BCUT2D eigenvalue weighted by molar-refractivity contribution is 7.99. The number of hydrogen-bond acceptors (Lipinski definition) is 3. The number of nitrogens with zero attached hydrogens (tertiary/aromatic N) is 2. The quantitative estimate of drug-likeness (QED) is 0.705. The van der Waals surface area contributed by atoms with E-state index < -0.39 is 0 Å². The van der Waals surface area contributed by atoms with Crippen molar-refractivity contribution in [1.29, 1.82) is 0 Å². The predicted molar refractivity (Wildman–Crippen MR) is 88.5 cm³/mol. The van der Waals surface area contributed by atoms with Crippen LogP contribution in [0.25, 0.3) is 0 Å². The summed E-state index contributed by atoms with van der Waals surface area (Å²) in [6, 6.07) is 13.5. The Kier molecular flexibility index (Phi) is 3.38. The molecule has 0 atom stereocenters. The van der Waals surface area contributed by atoms with Crippen molar-refractivity contribution < 1.29 is 0 Å². The van der Waals surface area contributed by atoms with Gasteiger partial charge in [0, 0.05) is 49.4 Å². The van der Waals surface area contributed by atoms with Gasteiger partial charge in [-0.25, -0.2) is 0 Å². The first kappa shape index (κ1) is 13.4. The minimum atomic E-state index is 1.04. The van der Waals surface area contributed by atoms with Crippen molar-refractivity contribution in [1.82, 2.24) is 0 Å². The van der Waals surface area contributed by atoms with Crippen molar-refractivity contribution in [3.63, 3.8) is 0 Å².